The summed E-state index contributed by atoms with van der Waals surface area (Å²) < 4.78 is 2.30. The van der Waals surface area contributed by atoms with E-state index in [9.17, 15) is 0 Å². The molecule has 0 N–H and O–H groups in total. The van der Waals surface area contributed by atoms with Crippen molar-refractivity contribution in [2.45, 2.75) is 40.5 Å². The molecule has 0 saturated carbocycles. The molecule has 0 unspecified atom stereocenters. The first-order valence-electron chi connectivity index (χ1n) is 10.2. The molecule has 4 rings (SSSR count). The van der Waals surface area contributed by atoms with Gasteiger partial charge in [0, 0.05) is 47.1 Å². The molecule has 29 heavy (non-hydrogen) atoms. The Kier molecular flexibility index (Phi) is 4.91. The van der Waals surface area contributed by atoms with Crippen molar-refractivity contribution < 1.29 is 4.57 Å². The molecule has 4 aromatic rings. The third kappa shape index (κ3) is 3.42. The number of benzene rings is 2. The highest BCUT2D eigenvalue weighted by Gasteiger charge is 2.21. The van der Waals surface area contributed by atoms with Crippen LogP contribution in [0.15, 0.2) is 54.9 Å². The fourth-order valence-electron chi connectivity index (χ4n) is 4.01. The van der Waals surface area contributed by atoms with E-state index in [0.29, 0.717) is 5.92 Å². The van der Waals surface area contributed by atoms with Gasteiger partial charge in [0.05, 0.1) is 5.39 Å². The molecule has 0 bridgehead atoms. The molecule has 146 valence electrons. The van der Waals surface area contributed by atoms with Gasteiger partial charge in [0.2, 0.25) is 11.2 Å². The molecule has 0 spiro atoms. The number of pyridine rings is 1. The Labute approximate surface area is 173 Å². The molecule has 3 nitrogen and oxygen atoms in total. The molecule has 0 aliphatic carbocycles. The van der Waals surface area contributed by atoms with E-state index in [2.05, 4.69) is 98.7 Å². The summed E-state index contributed by atoms with van der Waals surface area (Å²) in [5.41, 5.74) is 9.82. The van der Waals surface area contributed by atoms with Crippen LogP contribution in [0.4, 0.5) is 0 Å². The number of hydrogen-bond donors (Lipinski definition) is 0. The Hall–Kier alpha value is -3.07. The monoisotopic (exact) mass is 382 g/mol. The Morgan fingerprint density at radius 1 is 0.862 bits per heavy atom. The van der Waals surface area contributed by atoms with Crippen LogP contribution in [0.2, 0.25) is 0 Å². The number of rotatable bonds is 3. The van der Waals surface area contributed by atoms with Crippen molar-refractivity contribution in [3.8, 4) is 22.4 Å². The second kappa shape index (κ2) is 7.40. The number of para-hydroxylation sites is 1. The number of aromatic nitrogens is 3. The predicted molar refractivity (Wildman–Crippen MR) is 120 cm³/mol. The van der Waals surface area contributed by atoms with Crippen molar-refractivity contribution in [1.82, 2.24) is 9.97 Å². The highest BCUT2D eigenvalue weighted by Crippen LogP contribution is 2.33. The first-order chi connectivity index (χ1) is 13.9. The first-order valence-corrected chi connectivity index (χ1v) is 10.2. The van der Waals surface area contributed by atoms with Gasteiger partial charge in [-0.2, -0.15) is 4.57 Å². The lowest BCUT2D eigenvalue weighted by molar-refractivity contribution is -0.633. The van der Waals surface area contributed by atoms with Gasteiger partial charge >= 0.3 is 0 Å². The third-order valence-electron chi connectivity index (χ3n) is 5.78. The second-order valence-electron chi connectivity index (χ2n) is 8.26. The fourth-order valence-corrected chi connectivity index (χ4v) is 4.01. The summed E-state index contributed by atoms with van der Waals surface area (Å²) in [6.07, 6.45) is 3.92. The van der Waals surface area contributed by atoms with Crippen LogP contribution in [0.5, 0.6) is 0 Å². The molecule has 0 atom stereocenters. The van der Waals surface area contributed by atoms with Crippen LogP contribution in [0.1, 0.15) is 42.3 Å². The zero-order valence-corrected chi connectivity index (χ0v) is 18.1. The zero-order valence-electron chi connectivity index (χ0n) is 18.1. The highest BCUT2D eigenvalue weighted by atomic mass is 14.9. The van der Waals surface area contributed by atoms with Crippen molar-refractivity contribution in [3.05, 3.63) is 77.4 Å². The van der Waals surface area contributed by atoms with Crippen LogP contribution in [0.3, 0.4) is 0 Å². The van der Waals surface area contributed by atoms with E-state index in [1.807, 2.05) is 12.4 Å². The maximum atomic E-state index is 4.61. The summed E-state index contributed by atoms with van der Waals surface area (Å²) in [5, 5.41) is 1.21. The van der Waals surface area contributed by atoms with E-state index in [4.69, 9.17) is 0 Å². The van der Waals surface area contributed by atoms with Crippen molar-refractivity contribution in [3.63, 3.8) is 0 Å². The molecular formula is C26H28N3+. The van der Waals surface area contributed by atoms with Crippen molar-refractivity contribution in [1.29, 1.82) is 0 Å². The summed E-state index contributed by atoms with van der Waals surface area (Å²) in [7, 11) is 2.15. The number of hydrogen-bond acceptors (Lipinski definition) is 2. The average Bonchev–Trinajstić information content (AvgIpc) is 2.71. The van der Waals surface area contributed by atoms with Crippen molar-refractivity contribution in [2.24, 2.45) is 7.05 Å². The highest BCUT2D eigenvalue weighted by molar-refractivity contribution is 5.94. The van der Waals surface area contributed by atoms with Gasteiger partial charge < -0.3 is 0 Å². The quantitative estimate of drug-likeness (QED) is 0.417. The predicted octanol–water partition coefficient (Wildman–Crippen LogP) is 5.84. The Morgan fingerprint density at radius 3 is 2.24 bits per heavy atom. The lowest BCUT2D eigenvalue weighted by atomic mass is 9.94. The van der Waals surface area contributed by atoms with Crippen LogP contribution in [-0.4, -0.2) is 9.97 Å². The maximum Gasteiger partial charge on any atom is 0.213 e. The van der Waals surface area contributed by atoms with Gasteiger partial charge in [-0.1, -0.05) is 37.6 Å². The summed E-state index contributed by atoms with van der Waals surface area (Å²) in [4.78, 5) is 9.23. The molecule has 0 radical (unpaired) electrons. The van der Waals surface area contributed by atoms with Crippen LogP contribution >= 0.6 is 0 Å². The van der Waals surface area contributed by atoms with E-state index in [-0.39, 0.29) is 0 Å². The molecule has 0 saturated heterocycles. The minimum atomic E-state index is 0.322. The maximum absolute atomic E-state index is 4.61. The second-order valence-corrected chi connectivity index (χ2v) is 8.26. The van der Waals surface area contributed by atoms with Gasteiger partial charge in [-0.15, -0.1) is 0 Å². The van der Waals surface area contributed by atoms with Gasteiger partial charge in [0.25, 0.3) is 0 Å². The summed E-state index contributed by atoms with van der Waals surface area (Å²) in [5.74, 6) is 1.20. The molecular weight excluding hydrogens is 354 g/mol. The van der Waals surface area contributed by atoms with Gasteiger partial charge in [-0.05, 0) is 44.0 Å². The van der Waals surface area contributed by atoms with Gasteiger partial charge in [0.1, 0.15) is 12.9 Å². The number of aryl methyl sites for hydroxylation is 3. The molecule has 0 amide bonds. The van der Waals surface area contributed by atoms with E-state index in [1.165, 1.54) is 44.4 Å². The van der Waals surface area contributed by atoms with Crippen molar-refractivity contribution >= 4 is 10.9 Å². The van der Waals surface area contributed by atoms with E-state index >= 15 is 0 Å². The Morgan fingerprint density at radius 2 is 1.55 bits per heavy atom. The smallest absolute Gasteiger partial charge is 0.213 e. The van der Waals surface area contributed by atoms with Gasteiger partial charge in [0.15, 0.2) is 0 Å². The van der Waals surface area contributed by atoms with Crippen LogP contribution < -0.4 is 4.57 Å². The van der Waals surface area contributed by atoms with E-state index in [0.717, 1.165) is 11.4 Å². The third-order valence-corrected chi connectivity index (χ3v) is 5.78. The van der Waals surface area contributed by atoms with Crippen LogP contribution in [0.25, 0.3) is 33.3 Å². The average molecular weight is 383 g/mol. The minimum absolute atomic E-state index is 0.322. The van der Waals surface area contributed by atoms with E-state index in [1.54, 1.807) is 0 Å². The molecule has 0 fully saturated rings. The Balaban J connectivity index is 2.02. The SMILES string of the molecule is Cc1cc(C)c(C)c(-c2cc(-c3cnc(C(C)C)nc3)c3ccccc3[n+]2C)c1. The first kappa shape index (κ1) is 19.3. The number of fused-ring (bicyclic) bond motifs is 1. The summed E-state index contributed by atoms with van der Waals surface area (Å²) in [6, 6.07) is 15.4. The standard InChI is InChI=1S/C26H28N3/c1-16(2)26-27-14-20(15-28-26)23-13-25(22-12-17(3)11-18(4)19(22)5)29(6)24-10-8-7-9-21(23)24/h7-16H,1-6H3/q+1. The van der Waals surface area contributed by atoms with E-state index < -0.39 is 0 Å². The van der Waals surface area contributed by atoms with Crippen LogP contribution in [-0.2, 0) is 7.05 Å². The van der Waals surface area contributed by atoms with Gasteiger partial charge in [-0.25, -0.2) is 9.97 Å². The van der Waals surface area contributed by atoms with Crippen molar-refractivity contribution in [2.75, 3.05) is 0 Å². The topological polar surface area (TPSA) is 29.7 Å². The lowest BCUT2D eigenvalue weighted by Crippen LogP contribution is -2.32. The summed E-state index contributed by atoms with van der Waals surface area (Å²) in [6.45, 7) is 10.8. The fraction of sp³-hybridized carbons (Fsp3) is 0.269. The lowest BCUT2D eigenvalue weighted by Gasteiger charge is -2.13. The largest absolute Gasteiger partial charge is 0.240 e. The number of nitrogens with zero attached hydrogens (tertiary/aromatic N) is 3. The molecule has 2 aromatic carbocycles. The molecule has 2 heterocycles. The molecule has 0 aliphatic rings. The summed E-state index contributed by atoms with van der Waals surface area (Å²) >= 11 is 0. The van der Waals surface area contributed by atoms with Gasteiger partial charge in [-0.3, -0.25) is 0 Å². The molecule has 3 heteroatoms. The Bertz CT molecular complexity index is 1210. The molecule has 2 aromatic heterocycles. The normalized spacial score (nSPS) is 11.4. The zero-order chi connectivity index (χ0) is 20.7. The minimum Gasteiger partial charge on any atom is -0.240 e. The van der Waals surface area contributed by atoms with Crippen LogP contribution in [0, 0.1) is 20.8 Å². The molecule has 0 aliphatic heterocycles.